The summed E-state index contributed by atoms with van der Waals surface area (Å²) in [6, 6.07) is 15.1. The average Bonchev–Trinajstić information content (AvgIpc) is 2.94. The summed E-state index contributed by atoms with van der Waals surface area (Å²) in [7, 11) is 1.90. The van der Waals surface area contributed by atoms with E-state index in [0.717, 1.165) is 19.3 Å². The van der Waals surface area contributed by atoms with Gasteiger partial charge in [-0.15, -0.1) is 10.2 Å². The highest BCUT2D eigenvalue weighted by Crippen LogP contribution is 2.26. The van der Waals surface area contributed by atoms with Crippen LogP contribution in [0.3, 0.4) is 0 Å². The van der Waals surface area contributed by atoms with Crippen LogP contribution in [0.4, 0.5) is 5.69 Å². The van der Waals surface area contributed by atoms with Crippen LogP contribution in [0.2, 0.25) is 0 Å². The van der Waals surface area contributed by atoms with E-state index in [-0.39, 0.29) is 5.91 Å². The van der Waals surface area contributed by atoms with Crippen molar-refractivity contribution in [3.63, 3.8) is 0 Å². The third-order valence-electron chi connectivity index (χ3n) is 3.08. The first kappa shape index (κ1) is 16.0. The first-order valence-corrected chi connectivity index (χ1v) is 8.70. The van der Waals surface area contributed by atoms with Crippen LogP contribution >= 0.6 is 34.4 Å². The summed E-state index contributed by atoms with van der Waals surface area (Å²) in [5.41, 5.74) is 1.41. The van der Waals surface area contributed by atoms with Crippen molar-refractivity contribution in [3.05, 3.63) is 64.0 Å². The molecule has 3 aromatic rings. The molecular weight excluding hydrogens is 423 g/mol. The fourth-order valence-corrected chi connectivity index (χ4v) is 3.21. The van der Waals surface area contributed by atoms with Crippen LogP contribution in [0, 0.1) is 3.57 Å². The Hall–Kier alpha value is -1.87. The second-order valence-corrected chi connectivity index (χ2v) is 7.10. The number of nitrogens with one attached hydrogen (secondary N) is 1. The predicted molar refractivity (Wildman–Crippen MR) is 98.7 cm³/mol. The zero-order chi connectivity index (χ0) is 16.2. The lowest BCUT2D eigenvalue weighted by Crippen LogP contribution is -2.11. The molecule has 0 spiro atoms. The summed E-state index contributed by atoms with van der Waals surface area (Å²) >= 11 is 3.71. The molecule has 116 valence electrons. The normalized spacial score (nSPS) is 10.5. The van der Waals surface area contributed by atoms with Crippen LogP contribution in [0.5, 0.6) is 0 Å². The van der Waals surface area contributed by atoms with E-state index in [4.69, 9.17) is 0 Å². The largest absolute Gasteiger partial charge is 0.322 e. The monoisotopic (exact) mass is 436 g/mol. The van der Waals surface area contributed by atoms with E-state index in [1.807, 2.05) is 54.1 Å². The smallest absolute Gasteiger partial charge is 0.255 e. The maximum Gasteiger partial charge on any atom is 0.255 e. The second kappa shape index (κ2) is 7.14. The Bertz CT molecular complexity index is 832. The number of carbonyl (C=O) groups excluding carboxylic acids is 1. The number of benzene rings is 2. The van der Waals surface area contributed by atoms with Crippen molar-refractivity contribution in [3.8, 4) is 0 Å². The Kier molecular flexibility index (Phi) is 4.97. The molecular formula is C16H13IN4OS. The lowest BCUT2D eigenvalue weighted by Gasteiger charge is -2.07. The number of rotatable bonds is 4. The van der Waals surface area contributed by atoms with E-state index in [1.165, 1.54) is 11.8 Å². The predicted octanol–water partition coefficient (Wildman–Crippen LogP) is 3.82. The van der Waals surface area contributed by atoms with E-state index in [1.54, 1.807) is 12.4 Å². The van der Waals surface area contributed by atoms with Crippen LogP contribution in [0.15, 0.2) is 64.9 Å². The molecule has 2 aromatic carbocycles. The number of hydrogen-bond acceptors (Lipinski definition) is 4. The quantitative estimate of drug-likeness (QED) is 0.632. The molecule has 0 fully saturated rings. The molecule has 0 bridgehead atoms. The summed E-state index contributed by atoms with van der Waals surface area (Å²) < 4.78 is 2.89. The van der Waals surface area contributed by atoms with Gasteiger partial charge in [0.15, 0.2) is 5.16 Å². The van der Waals surface area contributed by atoms with Crippen molar-refractivity contribution >= 4 is 45.9 Å². The molecule has 1 aromatic heterocycles. The van der Waals surface area contributed by atoms with Gasteiger partial charge in [-0.05, 0) is 76.8 Å². The Balaban J connectivity index is 1.68. The number of aryl methyl sites for hydroxylation is 1. The average molecular weight is 436 g/mol. The summed E-state index contributed by atoms with van der Waals surface area (Å²) in [4.78, 5) is 13.2. The number of halogens is 1. The van der Waals surface area contributed by atoms with Crippen LogP contribution in [0.1, 0.15) is 10.4 Å². The minimum atomic E-state index is -0.114. The van der Waals surface area contributed by atoms with Gasteiger partial charge in [-0.1, -0.05) is 6.07 Å². The van der Waals surface area contributed by atoms with Gasteiger partial charge in [0, 0.05) is 26.8 Å². The lowest BCUT2D eigenvalue weighted by molar-refractivity contribution is 0.102. The van der Waals surface area contributed by atoms with Crippen LogP contribution in [-0.2, 0) is 7.05 Å². The molecule has 23 heavy (non-hydrogen) atoms. The molecule has 0 radical (unpaired) electrons. The molecule has 0 unspecified atom stereocenters. The summed E-state index contributed by atoms with van der Waals surface area (Å²) in [6.07, 6.45) is 1.66. The van der Waals surface area contributed by atoms with Gasteiger partial charge in [0.05, 0.1) is 0 Å². The Morgan fingerprint density at radius 3 is 2.65 bits per heavy atom. The van der Waals surface area contributed by atoms with Gasteiger partial charge >= 0.3 is 0 Å². The first-order chi connectivity index (χ1) is 11.1. The molecule has 1 N–H and O–H groups in total. The highest BCUT2D eigenvalue weighted by atomic mass is 127. The van der Waals surface area contributed by atoms with Gasteiger partial charge in [-0.2, -0.15) is 0 Å². The second-order valence-electron chi connectivity index (χ2n) is 4.82. The molecule has 1 heterocycles. The number of carbonyl (C=O) groups is 1. The Morgan fingerprint density at radius 1 is 1.22 bits per heavy atom. The van der Waals surface area contributed by atoms with Gasteiger partial charge < -0.3 is 9.88 Å². The number of anilines is 1. The molecule has 5 nitrogen and oxygen atoms in total. The van der Waals surface area contributed by atoms with Crippen molar-refractivity contribution in [2.75, 3.05) is 5.32 Å². The number of amides is 1. The van der Waals surface area contributed by atoms with Crippen LogP contribution < -0.4 is 5.32 Å². The maximum absolute atomic E-state index is 12.2. The van der Waals surface area contributed by atoms with Crippen molar-refractivity contribution in [2.24, 2.45) is 7.05 Å². The zero-order valence-electron chi connectivity index (χ0n) is 12.2. The van der Waals surface area contributed by atoms with Gasteiger partial charge in [-0.25, -0.2) is 0 Å². The molecule has 0 aliphatic rings. The zero-order valence-corrected chi connectivity index (χ0v) is 15.2. The molecule has 0 aliphatic heterocycles. The number of hydrogen-bond donors (Lipinski definition) is 1. The third kappa shape index (κ3) is 4.11. The summed E-state index contributed by atoms with van der Waals surface area (Å²) in [6.45, 7) is 0. The van der Waals surface area contributed by atoms with Crippen LogP contribution in [0.25, 0.3) is 0 Å². The molecule has 0 atom stereocenters. The van der Waals surface area contributed by atoms with Crippen LogP contribution in [-0.4, -0.2) is 20.7 Å². The maximum atomic E-state index is 12.2. The standard InChI is InChI=1S/C16H13IN4OS/c1-21-10-18-20-16(21)23-14-7-5-13(6-8-14)19-15(22)11-3-2-4-12(17)9-11/h2-10H,1H3,(H,19,22). The molecule has 0 saturated carbocycles. The molecule has 3 rings (SSSR count). The van der Waals surface area contributed by atoms with E-state index in [9.17, 15) is 4.79 Å². The van der Waals surface area contributed by atoms with Crippen molar-refractivity contribution in [1.29, 1.82) is 0 Å². The minimum absolute atomic E-state index is 0.114. The van der Waals surface area contributed by atoms with E-state index >= 15 is 0 Å². The third-order valence-corrected chi connectivity index (χ3v) is 4.81. The SMILES string of the molecule is Cn1cnnc1Sc1ccc(NC(=O)c2cccc(I)c2)cc1. The summed E-state index contributed by atoms with van der Waals surface area (Å²) in [5.74, 6) is -0.114. The van der Waals surface area contributed by atoms with Gasteiger partial charge in [-0.3, -0.25) is 4.79 Å². The highest BCUT2D eigenvalue weighted by Gasteiger charge is 2.07. The molecule has 1 amide bonds. The van der Waals surface area contributed by atoms with Gasteiger partial charge in [0.1, 0.15) is 6.33 Å². The molecule has 0 aliphatic carbocycles. The topological polar surface area (TPSA) is 59.8 Å². The van der Waals surface area contributed by atoms with E-state index < -0.39 is 0 Å². The summed E-state index contributed by atoms with van der Waals surface area (Å²) in [5, 5.41) is 11.6. The highest BCUT2D eigenvalue weighted by molar-refractivity contribution is 14.1. The van der Waals surface area contributed by atoms with Crippen molar-refractivity contribution in [1.82, 2.24) is 14.8 Å². The Morgan fingerprint density at radius 2 is 2.00 bits per heavy atom. The van der Waals surface area contributed by atoms with Gasteiger partial charge in [0.25, 0.3) is 5.91 Å². The van der Waals surface area contributed by atoms with Crippen molar-refractivity contribution < 1.29 is 4.79 Å². The van der Waals surface area contributed by atoms with Gasteiger partial charge in [0.2, 0.25) is 0 Å². The fourth-order valence-electron chi connectivity index (χ4n) is 1.91. The first-order valence-electron chi connectivity index (χ1n) is 6.80. The molecule has 0 saturated heterocycles. The minimum Gasteiger partial charge on any atom is -0.322 e. The fraction of sp³-hybridized carbons (Fsp3) is 0.0625. The van der Waals surface area contributed by atoms with E-state index in [2.05, 4.69) is 38.1 Å². The molecule has 7 heteroatoms. The van der Waals surface area contributed by atoms with Crippen molar-refractivity contribution in [2.45, 2.75) is 10.1 Å². The Labute approximate surface area is 151 Å². The lowest BCUT2D eigenvalue weighted by atomic mass is 10.2. The number of aromatic nitrogens is 3. The number of nitrogens with zero attached hydrogens (tertiary/aromatic N) is 3. The van der Waals surface area contributed by atoms with E-state index in [0.29, 0.717) is 5.56 Å².